The Kier molecular flexibility index (Phi) is 25.2. The van der Waals surface area contributed by atoms with Crippen molar-refractivity contribution in [2.24, 2.45) is 0 Å². The Bertz CT molecular complexity index is 8040. The first kappa shape index (κ1) is 91.0. The molecule has 0 spiro atoms. The Balaban J connectivity index is 0.000000102. The molecule has 16 heterocycles. The lowest BCUT2D eigenvalue weighted by atomic mass is 9.84. The first-order chi connectivity index (χ1) is 69.3. The number of carbonyl (C=O) groups excluding carboxylic acids is 1. The fourth-order valence-electron chi connectivity index (χ4n) is 22.0. The van der Waals surface area contributed by atoms with Crippen molar-refractivity contribution in [3.05, 3.63) is 295 Å². The molecule has 0 bridgehead atoms. The summed E-state index contributed by atoms with van der Waals surface area (Å²) < 4.78 is 15.9. The van der Waals surface area contributed by atoms with Gasteiger partial charge in [-0.25, -0.2) is 58.9 Å². The lowest BCUT2D eigenvalue weighted by Crippen LogP contribution is -2.25. The number of imidazole rings is 5. The number of benzene rings is 8. The van der Waals surface area contributed by atoms with Gasteiger partial charge >= 0.3 is 0 Å². The lowest BCUT2D eigenvalue weighted by Gasteiger charge is -2.22. The van der Waals surface area contributed by atoms with E-state index in [1.165, 1.54) is 123 Å². The monoisotopic (exact) mass is 1890 g/mol. The minimum atomic E-state index is -0.260. The molecule has 8 aromatic carbocycles. The number of pyridine rings is 5. The van der Waals surface area contributed by atoms with E-state index in [-0.39, 0.29) is 17.6 Å². The van der Waals surface area contributed by atoms with E-state index in [1.807, 2.05) is 96.0 Å². The van der Waals surface area contributed by atoms with Crippen LogP contribution < -0.4 is 28.7 Å². The molecule has 7 aliphatic rings. The van der Waals surface area contributed by atoms with Crippen LogP contribution in [0.4, 0.5) is 33.5 Å². The number of likely N-dealkylation sites (tertiary alicyclic amines) is 5. The molecule has 26 rings (SSSR count). The summed E-state index contributed by atoms with van der Waals surface area (Å²) in [4.78, 5) is 87.7. The molecule has 28 nitrogen and oxygen atoms in total. The normalized spacial score (nSPS) is 16.6. The molecule has 2 saturated carbocycles. The molecule has 29 heteroatoms. The number of nitrogens with two attached hydrogens (primary N) is 5. The van der Waals surface area contributed by atoms with Crippen molar-refractivity contribution >= 4 is 145 Å². The quantitative estimate of drug-likeness (QED) is 0.0402. The zero-order chi connectivity index (χ0) is 96.8. The highest BCUT2D eigenvalue weighted by atomic mass is 19.1. The van der Waals surface area contributed by atoms with Crippen LogP contribution in [0.1, 0.15) is 192 Å². The summed E-state index contributed by atoms with van der Waals surface area (Å²) in [6, 6.07) is 60.4. The van der Waals surface area contributed by atoms with Crippen LogP contribution in [0.25, 0.3) is 138 Å². The van der Waals surface area contributed by atoms with E-state index >= 15 is 0 Å². The summed E-state index contributed by atoms with van der Waals surface area (Å²) in [7, 11) is 0. The van der Waals surface area contributed by atoms with Gasteiger partial charge in [-0.3, -0.25) is 4.79 Å². The van der Waals surface area contributed by atoms with Gasteiger partial charge in [0.15, 0.2) is 0 Å². The van der Waals surface area contributed by atoms with Crippen molar-refractivity contribution in [1.29, 1.82) is 0 Å². The number of fused-ring (bicyclic) bond motifs is 15. The van der Waals surface area contributed by atoms with Gasteiger partial charge in [-0.15, -0.1) is 0 Å². The largest absolute Gasteiger partial charge is 0.382 e. The minimum Gasteiger partial charge on any atom is -0.382 e. The highest BCUT2D eigenvalue weighted by Gasteiger charge is 2.33. The number of H-pyrrole nitrogens is 5. The molecule has 15 N–H and O–H groups in total. The maximum atomic E-state index is 14.2. The molecule has 7 fully saturated rings. The lowest BCUT2D eigenvalue weighted by molar-refractivity contribution is -0.128. The van der Waals surface area contributed by atoms with E-state index in [1.54, 1.807) is 23.0 Å². The average Bonchev–Trinajstić information content (AvgIpc) is 1.14. The number of nitrogens with zero attached hydrogens (tertiary/aromatic N) is 17. The van der Waals surface area contributed by atoms with Crippen LogP contribution in [0.5, 0.6) is 0 Å². The number of carbonyl (C=O) groups is 1. The Morgan fingerprint density at radius 1 is 0.331 bits per heavy atom. The van der Waals surface area contributed by atoms with Gasteiger partial charge < -0.3 is 78.1 Å². The standard InChI is InChI=1S/C24H21N7O.C23H29N5.C22H20FN5.C22H27N5.C22H21N5/c25-24-23-22(18-8-7-17(12-19(18)27-24)31-10-4-9-26-31)28-20(29-23)14-30-13-16(11-21(30)32)15-5-2-1-3-6-15;1-15-7-6-12-28(15)14-20-26-21-18-11-10-17(16-8-4-2-3-5-9-16)13-19(18)25-23(24)22(21)27-20;1-13-5-4-10-28(13)12-19-26-20-16-9-8-14(15-6-2-3-7-17(15)23)11-18(16)25-22(24)21(20)27-19;2*1-14-6-5-11-27(14)13-19-25-20-17-10-9-16(15-7-3-2-4-8-15)12-18(17)24-22(23)21(20)26-19/h1-10,12,16H,11,13-14H2,(H2,25,27)(H,28,29);10-11,13,16H,1-9,12,14H2,(H2,24,25)(H,26,27);2-3,6-9,11H,1,4-5,10,12H2,(H2,24,25)(H,26,27);9-10,12,15H,1-8,11,13H2,(H2,23,24)(H,25,26);2-4,7-10,12H,1,5-6,11,13H2,(H2,23,24)(H,25,26). The predicted octanol–water partition coefficient (Wildman–Crippen LogP) is 22.6. The molecular formula is C113H118FN27O. The second-order valence-electron chi connectivity index (χ2n) is 39.0. The smallest absolute Gasteiger partial charge is 0.223 e. The van der Waals surface area contributed by atoms with Gasteiger partial charge in [0.05, 0.1) is 66.0 Å². The van der Waals surface area contributed by atoms with Gasteiger partial charge in [0.2, 0.25) is 5.91 Å². The molecule has 718 valence electrons. The molecule has 1 unspecified atom stereocenters. The molecule has 142 heavy (non-hydrogen) atoms. The van der Waals surface area contributed by atoms with Gasteiger partial charge in [-0.05, 0) is 189 Å². The SMILES string of the molecule is C=C1CCCN1Cc1nc2c([nH]1)c(N)nc1cc(-c3ccccc3)ccc12.C=C1CCCN1Cc1nc2c([nH]1)c(N)nc1cc(-c3ccccc3F)ccc12.C=C1CCCN1Cc1nc2c([nH]1)c(N)nc1cc(C3CCCCC3)ccc12.C=C1CCCN1Cc1nc2c([nH]1)c(N)nc1cc(C3CCCCCC3)ccc12.Nc1nc2cc(-n3cccn3)ccc2c2nc(CN3CC(c4ccccc4)CC3=O)[nH]c12. The Morgan fingerprint density at radius 2 is 0.683 bits per heavy atom. The third-order valence-electron chi connectivity index (χ3n) is 29.6. The second-order valence-corrected chi connectivity index (χ2v) is 39.0. The van der Waals surface area contributed by atoms with Crippen LogP contribution in [0.3, 0.4) is 0 Å². The van der Waals surface area contributed by atoms with Crippen LogP contribution in [0.15, 0.2) is 243 Å². The van der Waals surface area contributed by atoms with Crippen molar-refractivity contribution in [3.8, 4) is 27.9 Å². The number of nitrogen functional groups attached to an aromatic ring is 5. The fraction of sp³-hybridized carbons (Fsp3) is 0.292. The van der Waals surface area contributed by atoms with E-state index in [0.717, 1.165) is 234 Å². The van der Waals surface area contributed by atoms with Gasteiger partial charge in [-0.1, -0.05) is 187 Å². The number of hydrogen-bond donors (Lipinski definition) is 10. The fourth-order valence-corrected chi connectivity index (χ4v) is 22.0. The number of aromatic amines is 5. The van der Waals surface area contributed by atoms with Crippen LogP contribution in [-0.2, 0) is 37.5 Å². The van der Waals surface area contributed by atoms with Crippen molar-refractivity contribution in [1.82, 2.24) is 109 Å². The maximum Gasteiger partial charge on any atom is 0.223 e. The highest BCUT2D eigenvalue weighted by molar-refractivity contribution is 6.11. The van der Waals surface area contributed by atoms with Crippen molar-refractivity contribution in [3.63, 3.8) is 0 Å². The third kappa shape index (κ3) is 18.8. The van der Waals surface area contributed by atoms with E-state index in [0.29, 0.717) is 89.4 Å². The molecule has 11 aromatic heterocycles. The minimum absolute atomic E-state index is 0.138. The molecule has 2 aliphatic carbocycles. The number of aromatic nitrogens is 17. The summed E-state index contributed by atoms with van der Waals surface area (Å²) in [6.45, 7) is 24.7. The Hall–Kier alpha value is -16.1. The number of nitrogens with one attached hydrogen (secondary N) is 5. The summed E-state index contributed by atoms with van der Waals surface area (Å²) in [5.41, 5.74) is 57.1. The van der Waals surface area contributed by atoms with E-state index in [2.05, 4.69) is 170 Å². The summed E-state index contributed by atoms with van der Waals surface area (Å²) in [6.07, 6.45) is 27.6. The van der Waals surface area contributed by atoms with Gasteiger partial charge in [-0.2, -0.15) is 5.10 Å². The number of rotatable bonds is 16. The number of allylic oxidation sites excluding steroid dienone is 4. The van der Waals surface area contributed by atoms with Gasteiger partial charge in [0.25, 0.3) is 0 Å². The molecule has 1 amide bonds. The number of anilines is 5. The first-order valence-corrected chi connectivity index (χ1v) is 50.0. The topological polar surface area (TPSA) is 389 Å². The second kappa shape index (κ2) is 39.3. The van der Waals surface area contributed by atoms with Crippen LogP contribution >= 0.6 is 0 Å². The summed E-state index contributed by atoms with van der Waals surface area (Å²) in [5.74, 6) is 8.09. The van der Waals surface area contributed by atoms with Crippen LogP contribution in [0, 0.1) is 5.82 Å². The molecule has 19 aromatic rings. The van der Waals surface area contributed by atoms with E-state index < -0.39 is 0 Å². The maximum absolute atomic E-state index is 14.2. The number of hydrogen-bond acceptors (Lipinski definition) is 21. The van der Waals surface area contributed by atoms with Crippen LogP contribution in [-0.4, -0.2) is 148 Å². The predicted molar refractivity (Wildman–Crippen MR) is 568 cm³/mol. The zero-order valence-electron chi connectivity index (χ0n) is 80.0. The Morgan fingerprint density at radius 3 is 1.08 bits per heavy atom. The number of halogens is 1. The van der Waals surface area contributed by atoms with Gasteiger partial charge in [0.1, 0.15) is 119 Å². The molecular weight excluding hydrogens is 1770 g/mol. The van der Waals surface area contributed by atoms with Crippen LogP contribution in [0.2, 0.25) is 0 Å². The highest BCUT2D eigenvalue weighted by Crippen LogP contribution is 2.42. The van der Waals surface area contributed by atoms with Gasteiger partial charge in [0, 0.05) is 113 Å². The number of amides is 1. The zero-order valence-corrected chi connectivity index (χ0v) is 80.0. The molecule has 5 saturated heterocycles. The molecule has 0 radical (unpaired) electrons. The van der Waals surface area contributed by atoms with Crippen molar-refractivity contribution in [2.45, 2.75) is 179 Å². The summed E-state index contributed by atoms with van der Waals surface area (Å²) in [5, 5.41) is 9.26. The average molecular weight is 1890 g/mol. The first-order valence-electron chi connectivity index (χ1n) is 50.0. The van der Waals surface area contributed by atoms with E-state index in [4.69, 9.17) is 63.6 Å². The van der Waals surface area contributed by atoms with E-state index in [9.17, 15) is 9.18 Å². The van der Waals surface area contributed by atoms with Crippen molar-refractivity contribution < 1.29 is 9.18 Å². The summed E-state index contributed by atoms with van der Waals surface area (Å²) >= 11 is 0. The van der Waals surface area contributed by atoms with Crippen molar-refractivity contribution in [2.75, 3.05) is 61.4 Å². The molecule has 5 aliphatic heterocycles. The molecule has 1 atom stereocenters. The Labute approximate surface area is 821 Å². The third-order valence-corrected chi connectivity index (χ3v) is 29.6.